The topological polar surface area (TPSA) is 95.9 Å². The highest BCUT2D eigenvalue weighted by Gasteiger charge is 2.33. The standard InChI is InChI=1S/C17H22N2O5/c1-2-19-11-12(10-15(19)20)17(23)18-13-5-7-14(8-6-13)24-9-3-4-16(21)22/h5-8,12H,2-4,9-11H2,1H3,(H,18,23)(H,21,22). The second kappa shape index (κ2) is 8.33. The highest BCUT2D eigenvalue weighted by molar-refractivity contribution is 5.97. The van der Waals surface area contributed by atoms with Crippen molar-refractivity contribution < 1.29 is 24.2 Å². The Balaban J connectivity index is 1.80. The average Bonchev–Trinajstić information content (AvgIpc) is 2.94. The van der Waals surface area contributed by atoms with Gasteiger partial charge in [0, 0.05) is 31.6 Å². The third kappa shape index (κ3) is 4.97. The first kappa shape index (κ1) is 17.8. The molecule has 1 aliphatic heterocycles. The fourth-order valence-corrected chi connectivity index (χ4v) is 2.55. The molecule has 1 atom stereocenters. The van der Waals surface area contributed by atoms with Crippen molar-refractivity contribution in [3.8, 4) is 5.75 Å². The molecule has 1 saturated heterocycles. The quantitative estimate of drug-likeness (QED) is 0.706. The summed E-state index contributed by atoms with van der Waals surface area (Å²) >= 11 is 0. The number of benzene rings is 1. The molecule has 2 amide bonds. The smallest absolute Gasteiger partial charge is 0.303 e. The Kier molecular flexibility index (Phi) is 6.17. The van der Waals surface area contributed by atoms with E-state index in [4.69, 9.17) is 9.84 Å². The van der Waals surface area contributed by atoms with Crippen LogP contribution < -0.4 is 10.1 Å². The number of nitrogens with zero attached hydrogens (tertiary/aromatic N) is 1. The molecule has 2 rings (SSSR count). The molecule has 0 spiro atoms. The Labute approximate surface area is 140 Å². The van der Waals surface area contributed by atoms with Crippen molar-refractivity contribution in [3.05, 3.63) is 24.3 Å². The molecule has 0 aromatic heterocycles. The van der Waals surface area contributed by atoms with Gasteiger partial charge >= 0.3 is 5.97 Å². The van der Waals surface area contributed by atoms with Crippen LogP contribution in [0.3, 0.4) is 0 Å². The number of carboxylic acids is 1. The number of anilines is 1. The first-order chi connectivity index (χ1) is 11.5. The molecule has 7 nitrogen and oxygen atoms in total. The number of likely N-dealkylation sites (tertiary alicyclic amines) is 1. The summed E-state index contributed by atoms with van der Waals surface area (Å²) < 4.78 is 5.43. The van der Waals surface area contributed by atoms with E-state index in [0.29, 0.717) is 37.6 Å². The number of carbonyl (C=O) groups is 3. The summed E-state index contributed by atoms with van der Waals surface area (Å²) in [5.74, 6) is -0.683. The van der Waals surface area contributed by atoms with Crippen LogP contribution >= 0.6 is 0 Å². The van der Waals surface area contributed by atoms with E-state index in [0.717, 1.165) is 0 Å². The maximum absolute atomic E-state index is 12.2. The van der Waals surface area contributed by atoms with E-state index in [2.05, 4.69) is 5.32 Å². The number of aliphatic carboxylic acids is 1. The monoisotopic (exact) mass is 334 g/mol. The van der Waals surface area contributed by atoms with Crippen LogP contribution in [0.5, 0.6) is 5.75 Å². The van der Waals surface area contributed by atoms with Crippen molar-refractivity contribution in [2.24, 2.45) is 5.92 Å². The Bertz CT molecular complexity index is 600. The highest BCUT2D eigenvalue weighted by atomic mass is 16.5. The summed E-state index contributed by atoms with van der Waals surface area (Å²) in [4.78, 5) is 36.0. The molecular weight excluding hydrogens is 312 g/mol. The van der Waals surface area contributed by atoms with Gasteiger partial charge in [-0.3, -0.25) is 14.4 Å². The van der Waals surface area contributed by atoms with Crippen molar-refractivity contribution >= 4 is 23.5 Å². The van der Waals surface area contributed by atoms with Crippen LogP contribution in [0, 0.1) is 5.92 Å². The maximum Gasteiger partial charge on any atom is 0.303 e. The number of nitrogens with one attached hydrogen (secondary N) is 1. The second-order valence-corrected chi connectivity index (χ2v) is 5.69. The normalized spacial score (nSPS) is 17.0. The van der Waals surface area contributed by atoms with Crippen LogP contribution in [0.25, 0.3) is 0 Å². The lowest BCUT2D eigenvalue weighted by Crippen LogP contribution is -2.28. The summed E-state index contributed by atoms with van der Waals surface area (Å²) in [6, 6.07) is 6.88. The van der Waals surface area contributed by atoms with Gasteiger partial charge in [0.1, 0.15) is 5.75 Å². The molecule has 0 aliphatic carbocycles. The molecule has 1 heterocycles. The number of ether oxygens (including phenoxy) is 1. The molecule has 0 bridgehead atoms. The lowest BCUT2D eigenvalue weighted by atomic mass is 10.1. The summed E-state index contributed by atoms with van der Waals surface area (Å²) in [6.45, 7) is 3.31. The maximum atomic E-state index is 12.2. The Hall–Kier alpha value is -2.57. The summed E-state index contributed by atoms with van der Waals surface area (Å²) in [5.41, 5.74) is 0.639. The van der Waals surface area contributed by atoms with Crippen molar-refractivity contribution in [1.29, 1.82) is 0 Å². The van der Waals surface area contributed by atoms with Crippen LogP contribution in [0.4, 0.5) is 5.69 Å². The van der Waals surface area contributed by atoms with Gasteiger partial charge in [0.25, 0.3) is 0 Å². The van der Waals surface area contributed by atoms with Crippen LogP contribution in [-0.4, -0.2) is 47.5 Å². The largest absolute Gasteiger partial charge is 0.494 e. The Morgan fingerprint density at radius 2 is 2.04 bits per heavy atom. The van der Waals surface area contributed by atoms with E-state index in [1.165, 1.54) is 0 Å². The predicted molar refractivity (Wildman–Crippen MR) is 87.8 cm³/mol. The number of rotatable bonds is 8. The highest BCUT2D eigenvalue weighted by Crippen LogP contribution is 2.21. The fourth-order valence-electron chi connectivity index (χ4n) is 2.55. The van der Waals surface area contributed by atoms with E-state index in [1.807, 2.05) is 6.92 Å². The van der Waals surface area contributed by atoms with Crippen molar-refractivity contribution in [1.82, 2.24) is 4.90 Å². The van der Waals surface area contributed by atoms with Crippen molar-refractivity contribution in [3.63, 3.8) is 0 Å². The van der Waals surface area contributed by atoms with Gasteiger partial charge < -0.3 is 20.1 Å². The summed E-state index contributed by atoms with van der Waals surface area (Å²) in [6.07, 6.45) is 0.769. The molecule has 1 aromatic carbocycles. The van der Waals surface area contributed by atoms with E-state index < -0.39 is 5.97 Å². The van der Waals surface area contributed by atoms with E-state index in [-0.39, 0.29) is 30.6 Å². The third-order valence-corrected chi connectivity index (χ3v) is 3.89. The molecule has 1 aromatic rings. The third-order valence-electron chi connectivity index (χ3n) is 3.89. The van der Waals surface area contributed by atoms with Crippen LogP contribution in [-0.2, 0) is 14.4 Å². The van der Waals surface area contributed by atoms with Gasteiger partial charge in [-0.25, -0.2) is 0 Å². The molecule has 0 saturated carbocycles. The van der Waals surface area contributed by atoms with Crippen LogP contribution in [0.15, 0.2) is 24.3 Å². The minimum absolute atomic E-state index is 0.0164. The van der Waals surface area contributed by atoms with Gasteiger partial charge in [-0.1, -0.05) is 0 Å². The molecule has 1 fully saturated rings. The summed E-state index contributed by atoms with van der Waals surface area (Å²) in [5, 5.41) is 11.4. The van der Waals surface area contributed by atoms with Crippen molar-refractivity contribution in [2.45, 2.75) is 26.2 Å². The summed E-state index contributed by atoms with van der Waals surface area (Å²) in [7, 11) is 0. The van der Waals surface area contributed by atoms with Crippen LogP contribution in [0.2, 0.25) is 0 Å². The first-order valence-corrected chi connectivity index (χ1v) is 8.03. The predicted octanol–water partition coefficient (Wildman–Crippen LogP) is 1.74. The van der Waals surface area contributed by atoms with E-state index >= 15 is 0 Å². The zero-order valence-electron chi connectivity index (χ0n) is 13.7. The Morgan fingerprint density at radius 3 is 2.62 bits per heavy atom. The van der Waals surface area contributed by atoms with Crippen LogP contribution in [0.1, 0.15) is 26.2 Å². The lowest BCUT2D eigenvalue weighted by molar-refractivity contribution is -0.137. The molecule has 130 valence electrons. The minimum Gasteiger partial charge on any atom is -0.494 e. The zero-order valence-corrected chi connectivity index (χ0v) is 13.7. The number of carboxylic acid groups (broad SMARTS) is 1. The van der Waals surface area contributed by atoms with E-state index in [1.54, 1.807) is 29.2 Å². The molecule has 1 unspecified atom stereocenters. The Morgan fingerprint density at radius 1 is 1.33 bits per heavy atom. The molecular formula is C17H22N2O5. The number of amides is 2. The number of hydrogen-bond acceptors (Lipinski definition) is 4. The zero-order chi connectivity index (χ0) is 17.5. The number of hydrogen-bond donors (Lipinski definition) is 2. The van der Waals surface area contributed by atoms with Crippen molar-refractivity contribution in [2.75, 3.05) is 25.0 Å². The number of carbonyl (C=O) groups excluding carboxylic acids is 2. The second-order valence-electron chi connectivity index (χ2n) is 5.69. The molecule has 1 aliphatic rings. The first-order valence-electron chi connectivity index (χ1n) is 8.03. The lowest BCUT2D eigenvalue weighted by Gasteiger charge is -2.14. The average molecular weight is 334 g/mol. The molecule has 24 heavy (non-hydrogen) atoms. The van der Waals surface area contributed by atoms with Gasteiger partial charge in [0.15, 0.2) is 0 Å². The van der Waals surface area contributed by atoms with Gasteiger partial charge in [-0.2, -0.15) is 0 Å². The fraction of sp³-hybridized carbons (Fsp3) is 0.471. The SMILES string of the molecule is CCN1CC(C(=O)Nc2ccc(OCCCC(=O)O)cc2)CC1=O. The van der Waals surface area contributed by atoms with Gasteiger partial charge in [-0.15, -0.1) is 0 Å². The van der Waals surface area contributed by atoms with Gasteiger partial charge in [-0.05, 0) is 37.6 Å². The van der Waals surface area contributed by atoms with Gasteiger partial charge in [0.05, 0.1) is 12.5 Å². The minimum atomic E-state index is -0.844. The van der Waals surface area contributed by atoms with E-state index in [9.17, 15) is 14.4 Å². The van der Waals surface area contributed by atoms with Gasteiger partial charge in [0.2, 0.25) is 11.8 Å². The molecule has 7 heteroatoms. The molecule has 0 radical (unpaired) electrons. The molecule has 2 N–H and O–H groups in total.